The molecular formula is C8H15N5O4S. The molecule has 0 aliphatic rings. The molecule has 0 aliphatic carbocycles. The number of nitrogens with one attached hydrogen (secondary N) is 1. The summed E-state index contributed by atoms with van der Waals surface area (Å²) in [6.07, 6.45) is 0.264. The van der Waals surface area contributed by atoms with Crippen molar-refractivity contribution in [2.45, 2.75) is 13.3 Å². The Morgan fingerprint density at radius 2 is 2.17 bits per heavy atom. The number of rotatable bonds is 6. The van der Waals surface area contributed by atoms with Gasteiger partial charge in [-0.3, -0.25) is 10.1 Å². The maximum Gasteiger partial charge on any atom is 0.333 e. The molecule has 18 heavy (non-hydrogen) atoms. The Labute approximate surface area is 104 Å². The van der Waals surface area contributed by atoms with Crippen molar-refractivity contribution in [3.8, 4) is 0 Å². The molecule has 0 amide bonds. The minimum atomic E-state index is -3.51. The molecule has 0 atom stereocenters. The van der Waals surface area contributed by atoms with Gasteiger partial charge in [-0.15, -0.1) is 0 Å². The van der Waals surface area contributed by atoms with Crippen molar-refractivity contribution >= 4 is 21.5 Å². The van der Waals surface area contributed by atoms with Gasteiger partial charge in [0.05, 0.1) is 10.7 Å². The van der Waals surface area contributed by atoms with Crippen LogP contribution in [0, 0.1) is 17.0 Å². The number of sulfonamides is 1. The molecule has 0 spiro atoms. The predicted octanol–water partition coefficient (Wildman–Crippen LogP) is -0.273. The van der Waals surface area contributed by atoms with Gasteiger partial charge in [0.25, 0.3) is 0 Å². The second kappa shape index (κ2) is 5.31. The van der Waals surface area contributed by atoms with Crippen molar-refractivity contribution in [1.82, 2.24) is 9.78 Å². The number of primary sulfonamides is 1. The molecule has 0 aliphatic heterocycles. The van der Waals surface area contributed by atoms with Crippen LogP contribution in [0.15, 0.2) is 0 Å². The normalized spacial score (nSPS) is 11.5. The lowest BCUT2D eigenvalue weighted by atomic mass is 10.3. The van der Waals surface area contributed by atoms with Crippen LogP contribution >= 0.6 is 0 Å². The van der Waals surface area contributed by atoms with Gasteiger partial charge in [-0.05, 0) is 13.3 Å². The van der Waals surface area contributed by atoms with Crippen LogP contribution in [0.4, 0.5) is 11.5 Å². The minimum absolute atomic E-state index is 0.104. The molecule has 9 nitrogen and oxygen atoms in total. The Morgan fingerprint density at radius 3 is 2.67 bits per heavy atom. The molecule has 0 saturated carbocycles. The first kappa shape index (κ1) is 14.4. The smallest absolute Gasteiger partial charge is 0.333 e. The number of nitro groups is 1. The molecule has 3 N–H and O–H groups in total. The number of nitrogens with zero attached hydrogens (tertiary/aromatic N) is 3. The summed E-state index contributed by atoms with van der Waals surface area (Å²) in [4.78, 5) is 10.3. The van der Waals surface area contributed by atoms with E-state index in [2.05, 4.69) is 10.4 Å². The van der Waals surface area contributed by atoms with Crippen molar-refractivity contribution in [3.05, 3.63) is 15.8 Å². The van der Waals surface area contributed by atoms with E-state index in [0.717, 1.165) is 0 Å². The van der Waals surface area contributed by atoms with Crippen LogP contribution in [0.1, 0.15) is 12.1 Å². The first-order valence-corrected chi connectivity index (χ1v) is 6.86. The zero-order valence-corrected chi connectivity index (χ0v) is 10.9. The van der Waals surface area contributed by atoms with E-state index in [-0.39, 0.29) is 30.2 Å². The lowest BCUT2D eigenvalue weighted by Crippen LogP contribution is -2.19. The highest BCUT2D eigenvalue weighted by molar-refractivity contribution is 7.89. The molecule has 102 valence electrons. The molecular weight excluding hydrogens is 262 g/mol. The van der Waals surface area contributed by atoms with Gasteiger partial charge in [-0.2, -0.15) is 5.10 Å². The quantitative estimate of drug-likeness (QED) is 0.417. The SMILES string of the molecule is Cc1nn(C)c(NCCCS(N)(=O)=O)c1[N+](=O)[O-]. The van der Waals surface area contributed by atoms with Crippen LogP contribution in [0.2, 0.25) is 0 Å². The Morgan fingerprint density at radius 1 is 1.56 bits per heavy atom. The van der Waals surface area contributed by atoms with Crippen LogP contribution in [0.5, 0.6) is 0 Å². The molecule has 0 unspecified atom stereocenters. The number of anilines is 1. The van der Waals surface area contributed by atoms with Gasteiger partial charge >= 0.3 is 5.69 Å². The molecule has 0 aromatic carbocycles. The summed E-state index contributed by atoms with van der Waals surface area (Å²) in [5.41, 5.74) is 0.199. The van der Waals surface area contributed by atoms with Crippen molar-refractivity contribution < 1.29 is 13.3 Å². The Balaban J connectivity index is 2.70. The highest BCUT2D eigenvalue weighted by atomic mass is 32.2. The van der Waals surface area contributed by atoms with E-state index in [1.54, 1.807) is 7.05 Å². The Bertz CT molecular complexity index is 550. The van der Waals surface area contributed by atoms with E-state index >= 15 is 0 Å². The lowest BCUT2D eigenvalue weighted by molar-refractivity contribution is -0.384. The largest absolute Gasteiger partial charge is 0.365 e. The predicted molar refractivity (Wildman–Crippen MR) is 65.7 cm³/mol. The van der Waals surface area contributed by atoms with Crippen LogP contribution < -0.4 is 10.5 Å². The van der Waals surface area contributed by atoms with E-state index in [1.165, 1.54) is 11.6 Å². The third-order valence-electron chi connectivity index (χ3n) is 2.27. The summed E-state index contributed by atoms with van der Waals surface area (Å²) in [7, 11) is -1.93. The van der Waals surface area contributed by atoms with Crippen molar-refractivity contribution in [1.29, 1.82) is 0 Å². The average Bonchev–Trinajstić information content (AvgIpc) is 2.46. The number of hydrogen-bond donors (Lipinski definition) is 2. The molecule has 0 fully saturated rings. The highest BCUT2D eigenvalue weighted by Gasteiger charge is 2.23. The van der Waals surface area contributed by atoms with E-state index < -0.39 is 14.9 Å². The summed E-state index contributed by atoms with van der Waals surface area (Å²) in [6.45, 7) is 1.80. The van der Waals surface area contributed by atoms with Crippen LogP contribution in [0.3, 0.4) is 0 Å². The molecule has 1 rings (SSSR count). The topological polar surface area (TPSA) is 133 Å². The van der Waals surface area contributed by atoms with Gasteiger partial charge in [0.1, 0.15) is 5.69 Å². The summed E-state index contributed by atoms with van der Waals surface area (Å²) in [5.74, 6) is 0.0804. The molecule has 0 bridgehead atoms. The van der Waals surface area contributed by atoms with E-state index in [0.29, 0.717) is 5.69 Å². The first-order chi connectivity index (χ1) is 8.22. The summed E-state index contributed by atoms with van der Waals surface area (Å²) in [5, 5.41) is 22.4. The molecule has 1 heterocycles. The number of aromatic nitrogens is 2. The second-order valence-electron chi connectivity index (χ2n) is 3.81. The maximum atomic E-state index is 10.8. The molecule has 1 aromatic heterocycles. The van der Waals surface area contributed by atoms with E-state index in [4.69, 9.17) is 5.14 Å². The fourth-order valence-corrected chi connectivity index (χ4v) is 2.09. The number of nitrogens with two attached hydrogens (primary N) is 1. The third-order valence-corrected chi connectivity index (χ3v) is 3.13. The molecule has 0 saturated heterocycles. The maximum absolute atomic E-state index is 10.8. The molecule has 10 heteroatoms. The second-order valence-corrected chi connectivity index (χ2v) is 5.54. The lowest BCUT2D eigenvalue weighted by Gasteiger charge is -2.05. The standard InChI is InChI=1S/C8H15N5O4S/c1-6-7(13(14)15)8(12(2)11-6)10-4-3-5-18(9,16)17/h10H,3-5H2,1-2H3,(H2,9,16,17). The van der Waals surface area contributed by atoms with Gasteiger partial charge in [0.2, 0.25) is 15.8 Å². The average molecular weight is 277 g/mol. The highest BCUT2D eigenvalue weighted by Crippen LogP contribution is 2.26. The monoisotopic (exact) mass is 277 g/mol. The molecule has 1 aromatic rings. The summed E-state index contributed by atoms with van der Waals surface area (Å²) < 4.78 is 22.8. The molecule has 0 radical (unpaired) electrons. The van der Waals surface area contributed by atoms with Crippen molar-refractivity contribution in [3.63, 3.8) is 0 Å². The zero-order valence-electron chi connectivity index (χ0n) is 10.1. The van der Waals surface area contributed by atoms with Gasteiger partial charge in [-0.25, -0.2) is 18.2 Å². The third kappa shape index (κ3) is 3.67. The van der Waals surface area contributed by atoms with Crippen molar-refractivity contribution in [2.75, 3.05) is 17.6 Å². The van der Waals surface area contributed by atoms with Crippen LogP contribution in [0.25, 0.3) is 0 Å². The number of hydrogen-bond acceptors (Lipinski definition) is 6. The van der Waals surface area contributed by atoms with Crippen LogP contribution in [-0.2, 0) is 17.1 Å². The fraction of sp³-hybridized carbons (Fsp3) is 0.625. The summed E-state index contributed by atoms with van der Waals surface area (Å²) >= 11 is 0. The fourth-order valence-electron chi connectivity index (χ4n) is 1.54. The van der Waals surface area contributed by atoms with E-state index in [1.807, 2.05) is 0 Å². The summed E-state index contributed by atoms with van der Waals surface area (Å²) in [6, 6.07) is 0. The van der Waals surface area contributed by atoms with Crippen LogP contribution in [-0.4, -0.2) is 35.4 Å². The number of aryl methyl sites for hydroxylation is 2. The van der Waals surface area contributed by atoms with Crippen molar-refractivity contribution in [2.24, 2.45) is 12.2 Å². The first-order valence-electron chi connectivity index (χ1n) is 5.14. The Hall–Kier alpha value is -1.68. The van der Waals surface area contributed by atoms with Gasteiger partial charge in [0, 0.05) is 13.6 Å². The van der Waals surface area contributed by atoms with E-state index in [9.17, 15) is 18.5 Å². The minimum Gasteiger partial charge on any atom is -0.365 e. The van der Waals surface area contributed by atoms with Gasteiger partial charge in [-0.1, -0.05) is 0 Å². The zero-order chi connectivity index (χ0) is 13.9. The van der Waals surface area contributed by atoms with Gasteiger partial charge in [0.15, 0.2) is 0 Å². The Kier molecular flexibility index (Phi) is 4.24. The van der Waals surface area contributed by atoms with Gasteiger partial charge < -0.3 is 5.32 Å².